The Kier molecular flexibility index (Phi) is 5.02. The lowest BCUT2D eigenvalue weighted by atomic mass is 10.1. The number of amides is 1. The topological polar surface area (TPSA) is 73.6 Å². The molecule has 0 bridgehead atoms. The van der Waals surface area contributed by atoms with E-state index in [1.54, 1.807) is 7.11 Å². The third-order valence-electron chi connectivity index (χ3n) is 4.73. The van der Waals surface area contributed by atoms with Crippen LogP contribution in [0.1, 0.15) is 23.7 Å². The highest BCUT2D eigenvalue weighted by Crippen LogP contribution is 2.33. The molecule has 2 aromatic carbocycles. The molecular weight excluding hydrogens is 356 g/mol. The van der Waals surface area contributed by atoms with Crippen LogP contribution in [-0.4, -0.2) is 24.3 Å². The number of hydrogen-bond acceptors (Lipinski definition) is 5. The van der Waals surface area contributed by atoms with Gasteiger partial charge in [-0.1, -0.05) is 17.3 Å². The van der Waals surface area contributed by atoms with Crippen LogP contribution in [0.15, 0.2) is 53.1 Å². The van der Waals surface area contributed by atoms with Crippen LogP contribution in [0.5, 0.6) is 11.5 Å². The van der Waals surface area contributed by atoms with Crippen molar-refractivity contribution >= 4 is 5.91 Å². The highest BCUT2D eigenvalue weighted by atomic mass is 16.5. The Morgan fingerprint density at radius 3 is 2.82 bits per heavy atom. The minimum absolute atomic E-state index is 0.0709. The fraction of sp³-hybridized carbons (Fsp3) is 0.273. The first kappa shape index (κ1) is 18.1. The lowest BCUT2D eigenvalue weighted by molar-refractivity contribution is -0.120. The van der Waals surface area contributed by atoms with Gasteiger partial charge in [0, 0.05) is 18.1 Å². The minimum Gasteiger partial charge on any atom is -0.497 e. The predicted octanol–water partition coefficient (Wildman–Crippen LogP) is 3.53. The van der Waals surface area contributed by atoms with Gasteiger partial charge in [-0.25, -0.2) is 0 Å². The molecule has 1 aliphatic heterocycles. The molecule has 28 heavy (non-hydrogen) atoms. The summed E-state index contributed by atoms with van der Waals surface area (Å²) in [6, 6.07) is 15.3. The zero-order chi connectivity index (χ0) is 19.5. The molecular formula is C22H22N2O4. The number of rotatable bonds is 6. The van der Waals surface area contributed by atoms with Gasteiger partial charge in [-0.2, -0.15) is 0 Å². The third kappa shape index (κ3) is 4.01. The largest absolute Gasteiger partial charge is 0.497 e. The summed E-state index contributed by atoms with van der Waals surface area (Å²) in [6.07, 6.45) is 1.40. The summed E-state index contributed by atoms with van der Waals surface area (Å²) in [7, 11) is 1.62. The Bertz CT molecular complexity index is 978. The maximum atomic E-state index is 12.2. The van der Waals surface area contributed by atoms with Crippen molar-refractivity contribution in [3.8, 4) is 22.8 Å². The van der Waals surface area contributed by atoms with Crippen LogP contribution < -0.4 is 14.8 Å². The number of fused-ring (bicyclic) bond motifs is 1. The van der Waals surface area contributed by atoms with E-state index < -0.39 is 0 Å². The van der Waals surface area contributed by atoms with Crippen LogP contribution in [0, 0.1) is 0 Å². The Hall–Kier alpha value is -3.28. The van der Waals surface area contributed by atoms with Crippen LogP contribution in [0.4, 0.5) is 0 Å². The van der Waals surface area contributed by atoms with Crippen molar-refractivity contribution in [2.24, 2.45) is 0 Å². The first-order valence-electron chi connectivity index (χ1n) is 9.26. The van der Waals surface area contributed by atoms with Gasteiger partial charge in [0.2, 0.25) is 5.91 Å². The van der Waals surface area contributed by atoms with Crippen LogP contribution >= 0.6 is 0 Å². The number of ether oxygens (including phenoxy) is 2. The van der Waals surface area contributed by atoms with Gasteiger partial charge in [-0.05, 0) is 48.4 Å². The summed E-state index contributed by atoms with van der Waals surface area (Å²) < 4.78 is 16.3. The van der Waals surface area contributed by atoms with Gasteiger partial charge in [-0.15, -0.1) is 0 Å². The molecule has 0 saturated carbocycles. The van der Waals surface area contributed by atoms with Gasteiger partial charge in [0.25, 0.3) is 0 Å². The van der Waals surface area contributed by atoms with E-state index in [4.69, 9.17) is 14.0 Å². The predicted molar refractivity (Wildman–Crippen MR) is 104 cm³/mol. The molecule has 1 aliphatic rings. The van der Waals surface area contributed by atoms with E-state index in [0.717, 1.165) is 29.0 Å². The van der Waals surface area contributed by atoms with Gasteiger partial charge in [0.05, 0.1) is 20.1 Å². The number of aromatic nitrogens is 1. The first-order valence-corrected chi connectivity index (χ1v) is 9.26. The van der Waals surface area contributed by atoms with Crippen molar-refractivity contribution < 1.29 is 18.8 Å². The van der Waals surface area contributed by atoms with E-state index in [0.29, 0.717) is 24.4 Å². The van der Waals surface area contributed by atoms with Crippen LogP contribution in [0.25, 0.3) is 11.3 Å². The molecule has 1 aromatic heterocycles. The van der Waals surface area contributed by atoms with Gasteiger partial charge >= 0.3 is 0 Å². The molecule has 4 rings (SSSR count). The lowest BCUT2D eigenvalue weighted by Gasteiger charge is -2.04. The normalized spacial score (nSPS) is 15.0. The van der Waals surface area contributed by atoms with Crippen molar-refractivity contribution in [2.45, 2.75) is 32.4 Å². The SMILES string of the molecule is COc1ccc(CC(=O)NCc2cc(-c3ccc4c(c3)CC(C)O4)on2)cc1. The zero-order valence-electron chi connectivity index (χ0n) is 15.9. The molecule has 1 atom stereocenters. The van der Waals surface area contributed by atoms with E-state index in [9.17, 15) is 4.79 Å². The average Bonchev–Trinajstić information content (AvgIpc) is 3.32. The van der Waals surface area contributed by atoms with Crippen molar-refractivity contribution in [1.29, 1.82) is 0 Å². The quantitative estimate of drug-likeness (QED) is 0.710. The summed E-state index contributed by atoms with van der Waals surface area (Å²) in [5.41, 5.74) is 3.74. The highest BCUT2D eigenvalue weighted by Gasteiger charge is 2.20. The Labute approximate surface area is 163 Å². The monoisotopic (exact) mass is 378 g/mol. The Balaban J connectivity index is 1.34. The molecule has 0 radical (unpaired) electrons. The number of nitrogens with one attached hydrogen (secondary N) is 1. The fourth-order valence-corrected chi connectivity index (χ4v) is 3.29. The maximum absolute atomic E-state index is 12.2. The second-order valence-corrected chi connectivity index (χ2v) is 6.94. The highest BCUT2D eigenvalue weighted by molar-refractivity contribution is 5.78. The first-order chi connectivity index (χ1) is 13.6. The molecule has 6 heteroatoms. The summed E-state index contributed by atoms with van der Waals surface area (Å²) in [5, 5.41) is 6.94. The minimum atomic E-state index is -0.0709. The molecule has 2 heterocycles. The standard InChI is InChI=1S/C22H22N2O4/c1-14-9-17-11-16(5-8-20(17)27-14)21-12-18(24-28-21)13-23-22(25)10-15-3-6-19(26-2)7-4-15/h3-8,11-12,14H,9-10,13H2,1-2H3,(H,23,25). The van der Waals surface area contributed by atoms with Crippen LogP contribution in [-0.2, 0) is 24.2 Å². The van der Waals surface area contributed by atoms with Gasteiger partial charge in [-0.3, -0.25) is 4.79 Å². The molecule has 3 aromatic rings. The smallest absolute Gasteiger partial charge is 0.224 e. The van der Waals surface area contributed by atoms with E-state index in [2.05, 4.69) is 23.5 Å². The molecule has 0 spiro atoms. The van der Waals surface area contributed by atoms with E-state index in [-0.39, 0.29) is 12.0 Å². The summed E-state index contributed by atoms with van der Waals surface area (Å²) in [4.78, 5) is 12.2. The van der Waals surface area contributed by atoms with E-state index in [1.165, 1.54) is 5.56 Å². The number of methoxy groups -OCH3 is 1. The number of benzene rings is 2. The third-order valence-corrected chi connectivity index (χ3v) is 4.73. The van der Waals surface area contributed by atoms with E-state index >= 15 is 0 Å². The van der Waals surface area contributed by atoms with Gasteiger partial charge < -0.3 is 19.3 Å². The Morgan fingerprint density at radius 1 is 1.21 bits per heavy atom. The molecule has 1 unspecified atom stereocenters. The van der Waals surface area contributed by atoms with Crippen molar-refractivity contribution in [3.63, 3.8) is 0 Å². The van der Waals surface area contributed by atoms with Crippen molar-refractivity contribution in [1.82, 2.24) is 10.5 Å². The molecule has 0 aliphatic carbocycles. The summed E-state index contributed by atoms with van der Waals surface area (Å²) in [5.74, 6) is 2.31. The number of carbonyl (C=O) groups excluding carboxylic acids is 1. The van der Waals surface area contributed by atoms with Crippen molar-refractivity contribution in [2.75, 3.05) is 7.11 Å². The Morgan fingerprint density at radius 2 is 2.04 bits per heavy atom. The molecule has 1 N–H and O–H groups in total. The van der Waals surface area contributed by atoms with Crippen LogP contribution in [0.3, 0.4) is 0 Å². The van der Waals surface area contributed by atoms with Crippen molar-refractivity contribution in [3.05, 3.63) is 65.4 Å². The summed E-state index contributed by atoms with van der Waals surface area (Å²) >= 11 is 0. The molecule has 144 valence electrons. The number of carbonyl (C=O) groups is 1. The second-order valence-electron chi connectivity index (χ2n) is 6.94. The zero-order valence-corrected chi connectivity index (χ0v) is 15.9. The molecule has 0 fully saturated rings. The fourth-order valence-electron chi connectivity index (χ4n) is 3.29. The summed E-state index contributed by atoms with van der Waals surface area (Å²) in [6.45, 7) is 2.38. The average molecular weight is 378 g/mol. The second kappa shape index (κ2) is 7.76. The number of hydrogen-bond donors (Lipinski definition) is 1. The molecule has 1 amide bonds. The van der Waals surface area contributed by atoms with Gasteiger partial charge in [0.1, 0.15) is 23.3 Å². The van der Waals surface area contributed by atoms with Gasteiger partial charge in [0.15, 0.2) is 5.76 Å². The van der Waals surface area contributed by atoms with E-state index in [1.807, 2.05) is 42.5 Å². The molecule has 6 nitrogen and oxygen atoms in total. The van der Waals surface area contributed by atoms with Crippen LogP contribution in [0.2, 0.25) is 0 Å². The molecule has 0 saturated heterocycles. The number of nitrogens with zero attached hydrogens (tertiary/aromatic N) is 1. The maximum Gasteiger partial charge on any atom is 0.224 e. The lowest BCUT2D eigenvalue weighted by Crippen LogP contribution is -2.24.